The summed E-state index contributed by atoms with van der Waals surface area (Å²) in [6.45, 7) is 2.32. The number of halogens is 6. The number of nitrogens with zero attached hydrogens (tertiary/aromatic N) is 4. The number of hydrogen-bond acceptors (Lipinski definition) is 5. The van der Waals surface area contributed by atoms with E-state index in [4.69, 9.17) is 4.74 Å². The lowest BCUT2D eigenvalue weighted by atomic mass is 9.69. The van der Waals surface area contributed by atoms with Crippen LogP contribution in [0, 0.1) is 13.8 Å². The van der Waals surface area contributed by atoms with Gasteiger partial charge < -0.3 is 14.5 Å². The van der Waals surface area contributed by atoms with Gasteiger partial charge in [-0.15, -0.1) is 0 Å². The Labute approximate surface area is 253 Å². The first-order chi connectivity index (χ1) is 21.2. The molecule has 0 radical (unpaired) electrons. The Morgan fingerprint density at radius 2 is 1.40 bits per heavy atom. The maximum Gasteiger partial charge on any atom is 0.416 e. The summed E-state index contributed by atoms with van der Waals surface area (Å²) >= 11 is 0. The van der Waals surface area contributed by atoms with Gasteiger partial charge in [-0.1, -0.05) is 48.5 Å². The fourth-order valence-corrected chi connectivity index (χ4v) is 6.05. The van der Waals surface area contributed by atoms with Gasteiger partial charge in [-0.05, 0) is 55.3 Å². The fourth-order valence-electron chi connectivity index (χ4n) is 6.05. The zero-order chi connectivity index (χ0) is 32.3. The van der Waals surface area contributed by atoms with Crippen molar-refractivity contribution in [3.05, 3.63) is 118 Å². The normalized spacial score (nSPS) is 19.9. The SMILES string of the molecule is Cc1cc(C)nc(O[C@@H]2C(=O)N3CC(=O)N(Cc4cc(C(F)(F)F)cc(C(F)(F)F)c4)c4ccccc4[C@]23c2ccccc2)n1. The van der Waals surface area contributed by atoms with Gasteiger partial charge in [-0.2, -0.15) is 26.3 Å². The minimum absolute atomic E-state index is 0.0354. The minimum Gasteiger partial charge on any atom is -0.447 e. The molecule has 2 amide bonds. The third-order valence-corrected chi connectivity index (χ3v) is 7.88. The predicted octanol–water partition coefficient (Wildman–Crippen LogP) is 6.21. The van der Waals surface area contributed by atoms with Crippen LogP contribution in [-0.4, -0.2) is 39.3 Å². The van der Waals surface area contributed by atoms with Crippen LogP contribution in [0.25, 0.3) is 0 Å². The van der Waals surface area contributed by atoms with Gasteiger partial charge in [0.2, 0.25) is 12.0 Å². The highest BCUT2D eigenvalue weighted by Gasteiger charge is 2.67. The van der Waals surface area contributed by atoms with E-state index in [-0.39, 0.29) is 23.3 Å². The summed E-state index contributed by atoms with van der Waals surface area (Å²) in [5.74, 6) is -1.27. The Balaban J connectivity index is 1.51. The van der Waals surface area contributed by atoms with E-state index < -0.39 is 60.0 Å². The molecule has 232 valence electrons. The van der Waals surface area contributed by atoms with Crippen molar-refractivity contribution < 1.29 is 40.7 Å². The molecule has 0 unspecified atom stereocenters. The number of aromatic nitrogens is 2. The average molecular weight is 627 g/mol. The molecule has 1 aromatic heterocycles. The van der Waals surface area contributed by atoms with Gasteiger partial charge in [0, 0.05) is 17.0 Å². The quantitative estimate of drug-likeness (QED) is 0.195. The van der Waals surface area contributed by atoms with Crippen molar-refractivity contribution >= 4 is 17.5 Å². The Hall–Kier alpha value is -4.94. The molecular weight excluding hydrogens is 602 g/mol. The number of ether oxygens (including phenoxy) is 1. The van der Waals surface area contributed by atoms with Crippen LogP contribution in [0.4, 0.5) is 32.0 Å². The molecule has 2 atom stereocenters. The summed E-state index contributed by atoms with van der Waals surface area (Å²) in [7, 11) is 0. The maximum absolute atomic E-state index is 13.8. The molecule has 0 spiro atoms. The molecule has 3 heterocycles. The van der Waals surface area contributed by atoms with Crippen LogP contribution in [0.2, 0.25) is 0 Å². The number of carbonyl (C=O) groups is 2. The summed E-state index contributed by atoms with van der Waals surface area (Å²) in [4.78, 5) is 38.6. The Kier molecular flexibility index (Phi) is 7.09. The van der Waals surface area contributed by atoms with Gasteiger partial charge in [-0.25, -0.2) is 9.97 Å². The van der Waals surface area contributed by atoms with Gasteiger partial charge in [0.25, 0.3) is 5.91 Å². The van der Waals surface area contributed by atoms with Crippen molar-refractivity contribution in [2.24, 2.45) is 0 Å². The maximum atomic E-state index is 13.8. The fraction of sp³-hybridized carbons (Fsp3) is 0.250. The van der Waals surface area contributed by atoms with Crippen molar-refractivity contribution in [2.75, 3.05) is 11.4 Å². The first-order valence-corrected chi connectivity index (χ1v) is 13.7. The molecule has 0 aliphatic carbocycles. The highest BCUT2D eigenvalue weighted by molar-refractivity contribution is 6.04. The lowest BCUT2D eigenvalue weighted by Gasteiger charge is -2.55. The number of anilines is 1. The first-order valence-electron chi connectivity index (χ1n) is 13.7. The lowest BCUT2D eigenvalue weighted by Crippen LogP contribution is -2.74. The standard InChI is InChI=1S/C32H24F6N4O3/c1-18-12-19(2)40-29(39-18)45-27-28(44)42-17-26(43)41(16-20-13-22(31(33,34)35)15-23(14-20)32(36,37)38)25-11-7-6-10-24(25)30(27,42)21-8-4-3-5-9-21/h3-15,27H,16-17H2,1-2H3/t27-,30-/m1/s1. The average Bonchev–Trinajstić information content (AvgIpc) is 3.06. The zero-order valence-corrected chi connectivity index (χ0v) is 23.8. The third kappa shape index (κ3) is 5.15. The van der Waals surface area contributed by atoms with Crippen LogP contribution >= 0.6 is 0 Å². The topological polar surface area (TPSA) is 75.6 Å². The predicted molar refractivity (Wildman–Crippen MR) is 149 cm³/mol. The summed E-state index contributed by atoms with van der Waals surface area (Å²) in [6.07, 6.45) is -11.4. The van der Waals surface area contributed by atoms with Crippen molar-refractivity contribution in [3.63, 3.8) is 0 Å². The molecule has 2 aliphatic heterocycles. The molecule has 1 saturated heterocycles. The van der Waals surface area contributed by atoms with E-state index in [0.29, 0.717) is 34.6 Å². The van der Waals surface area contributed by atoms with E-state index in [1.165, 1.54) is 11.0 Å². The number of fused-ring (bicyclic) bond motifs is 3. The van der Waals surface area contributed by atoms with Crippen molar-refractivity contribution in [1.82, 2.24) is 14.9 Å². The minimum atomic E-state index is -5.06. The van der Waals surface area contributed by atoms with Crippen molar-refractivity contribution in [3.8, 4) is 6.01 Å². The number of β-lactam (4-membered cyclic amide) rings is 1. The largest absolute Gasteiger partial charge is 0.447 e. The highest BCUT2D eigenvalue weighted by atomic mass is 19.4. The Bertz CT molecular complexity index is 1760. The van der Waals surface area contributed by atoms with E-state index >= 15 is 0 Å². The number of rotatable bonds is 5. The van der Waals surface area contributed by atoms with Crippen molar-refractivity contribution in [2.45, 2.75) is 44.4 Å². The number of carbonyl (C=O) groups excluding carboxylic acids is 2. The monoisotopic (exact) mass is 626 g/mol. The van der Waals surface area contributed by atoms with Gasteiger partial charge in [0.1, 0.15) is 12.1 Å². The molecule has 0 N–H and O–H groups in total. The molecule has 2 aliphatic rings. The third-order valence-electron chi connectivity index (χ3n) is 7.88. The van der Waals surface area contributed by atoms with E-state index in [1.807, 2.05) is 0 Å². The molecule has 7 nitrogen and oxygen atoms in total. The number of para-hydroxylation sites is 1. The van der Waals surface area contributed by atoms with E-state index in [1.54, 1.807) is 68.4 Å². The summed E-state index contributed by atoms with van der Waals surface area (Å²) in [5, 5.41) is 0. The summed E-state index contributed by atoms with van der Waals surface area (Å²) < 4.78 is 88.0. The number of alkyl halides is 6. The molecule has 6 rings (SSSR count). The highest BCUT2D eigenvalue weighted by Crippen LogP contribution is 2.53. The van der Waals surface area contributed by atoms with Crippen LogP contribution in [0.15, 0.2) is 78.9 Å². The molecule has 4 aromatic rings. The van der Waals surface area contributed by atoms with Crippen LogP contribution in [0.3, 0.4) is 0 Å². The van der Waals surface area contributed by atoms with Gasteiger partial charge in [0.05, 0.1) is 23.4 Å². The second-order valence-corrected chi connectivity index (χ2v) is 10.9. The van der Waals surface area contributed by atoms with E-state index in [2.05, 4.69) is 9.97 Å². The van der Waals surface area contributed by atoms with E-state index in [0.717, 1.165) is 4.90 Å². The van der Waals surface area contributed by atoms with Gasteiger partial charge >= 0.3 is 18.4 Å². The molecule has 1 fully saturated rings. The second kappa shape index (κ2) is 10.6. The second-order valence-electron chi connectivity index (χ2n) is 10.9. The Morgan fingerprint density at radius 3 is 2.00 bits per heavy atom. The molecule has 0 saturated carbocycles. The van der Waals surface area contributed by atoms with Crippen LogP contribution in [0.1, 0.15) is 39.2 Å². The molecule has 13 heteroatoms. The Morgan fingerprint density at radius 1 is 0.822 bits per heavy atom. The summed E-state index contributed by atoms with van der Waals surface area (Å²) in [5.41, 5.74) is -2.45. The number of amides is 2. The molecular formula is C32H24F6N4O3. The van der Waals surface area contributed by atoms with Gasteiger partial charge in [0.15, 0.2) is 0 Å². The first kappa shape index (κ1) is 30.1. The van der Waals surface area contributed by atoms with Crippen LogP contribution < -0.4 is 9.64 Å². The van der Waals surface area contributed by atoms with Crippen LogP contribution in [0.5, 0.6) is 6.01 Å². The van der Waals surface area contributed by atoms with Crippen LogP contribution in [-0.2, 0) is 34.0 Å². The number of aryl methyl sites for hydroxylation is 2. The van der Waals surface area contributed by atoms with Crippen molar-refractivity contribution in [1.29, 1.82) is 0 Å². The summed E-state index contributed by atoms with van der Waals surface area (Å²) in [6, 6.07) is 18.1. The van der Waals surface area contributed by atoms with E-state index in [9.17, 15) is 35.9 Å². The molecule has 0 bridgehead atoms. The number of benzene rings is 3. The molecule has 45 heavy (non-hydrogen) atoms. The lowest BCUT2D eigenvalue weighted by molar-refractivity contribution is -0.178. The molecule has 3 aromatic carbocycles. The number of hydrogen-bond donors (Lipinski definition) is 0. The zero-order valence-electron chi connectivity index (χ0n) is 23.8. The smallest absolute Gasteiger partial charge is 0.416 e. The van der Waals surface area contributed by atoms with Gasteiger partial charge in [-0.3, -0.25) is 9.59 Å².